The summed E-state index contributed by atoms with van der Waals surface area (Å²) in [6.45, 7) is 0. The average Bonchev–Trinajstić information content (AvgIpc) is 2.55. The Balaban J connectivity index is 2.65. The Morgan fingerprint density at radius 2 is 1.78 bits per heavy atom. The number of thioether (sulfide) groups is 1. The van der Waals surface area contributed by atoms with E-state index in [-0.39, 0.29) is 0 Å². The average molecular weight is 383 g/mol. The van der Waals surface area contributed by atoms with Gasteiger partial charge in [-0.3, -0.25) is 3.97 Å². The molecule has 0 radical (unpaired) electrons. The van der Waals surface area contributed by atoms with Gasteiger partial charge >= 0.3 is 0 Å². The maximum absolute atomic E-state index is 6.00. The number of hydrogen-bond acceptors (Lipinski definition) is 3. The Hall–Kier alpha value is 0.840. The van der Waals surface area contributed by atoms with Crippen LogP contribution in [0.4, 0.5) is 0 Å². The number of alkyl halides is 3. The fraction of sp³-hybridized carbons (Fsp3) is 0.222. The van der Waals surface area contributed by atoms with Crippen molar-refractivity contribution in [1.82, 2.24) is 8.96 Å². The van der Waals surface area contributed by atoms with Gasteiger partial charge in [-0.1, -0.05) is 69.8 Å². The third-order valence-corrected chi connectivity index (χ3v) is 4.86. The minimum Gasteiger partial charge on any atom is -0.257 e. The van der Waals surface area contributed by atoms with Gasteiger partial charge in [0.2, 0.25) is 0 Å². The topological polar surface area (TPSA) is 17.8 Å². The third-order valence-electron chi connectivity index (χ3n) is 2.00. The molecule has 0 aliphatic rings. The van der Waals surface area contributed by atoms with Crippen LogP contribution in [0.5, 0.6) is 0 Å². The predicted molar refractivity (Wildman–Crippen MR) is 84.8 cm³/mol. The molecule has 9 heteroatoms. The lowest BCUT2D eigenvalue weighted by molar-refractivity contribution is 1.03. The number of hydrogen-bond donors (Lipinski definition) is 0. The summed E-state index contributed by atoms with van der Waals surface area (Å²) >= 11 is 31.8. The van der Waals surface area contributed by atoms with E-state index in [1.54, 1.807) is 16.1 Å². The lowest BCUT2D eigenvalue weighted by atomic mass is 10.3. The van der Waals surface area contributed by atoms with Crippen molar-refractivity contribution in [1.29, 1.82) is 0 Å². The van der Waals surface area contributed by atoms with E-state index in [4.69, 9.17) is 58.0 Å². The van der Waals surface area contributed by atoms with Crippen LogP contribution in [0.2, 0.25) is 10.0 Å². The van der Waals surface area contributed by atoms with Crippen LogP contribution in [-0.4, -0.2) is 18.3 Å². The van der Waals surface area contributed by atoms with E-state index >= 15 is 0 Å². The van der Waals surface area contributed by atoms with E-state index in [9.17, 15) is 0 Å². The first kappa shape index (κ1) is 15.2. The molecule has 0 atom stereocenters. The van der Waals surface area contributed by atoms with Crippen molar-refractivity contribution in [2.24, 2.45) is 0 Å². The highest BCUT2D eigenvalue weighted by Crippen LogP contribution is 2.43. The van der Waals surface area contributed by atoms with E-state index in [0.29, 0.717) is 20.7 Å². The molecule has 2 nitrogen and oxygen atoms in total. The zero-order valence-electron chi connectivity index (χ0n) is 8.76. The Morgan fingerprint density at radius 1 is 1.17 bits per heavy atom. The number of aromatic nitrogens is 2. The molecule has 2 aromatic rings. The van der Waals surface area contributed by atoms with Gasteiger partial charge in [-0.25, -0.2) is 4.98 Å². The molecule has 0 amide bonds. The predicted octanol–water partition coefficient (Wildman–Crippen LogP) is 5.89. The summed E-state index contributed by atoms with van der Waals surface area (Å²) in [4.78, 5) is 4.40. The van der Waals surface area contributed by atoms with Gasteiger partial charge in [0.25, 0.3) is 3.12 Å². The number of imidazole rings is 1. The minimum absolute atomic E-state index is 0.433. The van der Waals surface area contributed by atoms with Gasteiger partial charge in [0, 0.05) is 11.9 Å². The van der Waals surface area contributed by atoms with Gasteiger partial charge in [0.1, 0.15) is 0 Å². The van der Waals surface area contributed by atoms with E-state index in [1.807, 2.05) is 6.26 Å². The Bertz CT molecular complexity index is 593. The second-order valence-corrected chi connectivity index (χ2v) is 8.89. The first-order valence-corrected chi connectivity index (χ1v) is 8.38. The molecule has 0 saturated carbocycles. The van der Waals surface area contributed by atoms with Crippen molar-refractivity contribution in [2.75, 3.05) is 6.26 Å². The van der Waals surface area contributed by atoms with Gasteiger partial charge in [-0.15, -0.1) is 0 Å². The number of nitrogens with zero attached hydrogens (tertiary/aromatic N) is 2. The van der Waals surface area contributed by atoms with Crippen LogP contribution in [0.15, 0.2) is 17.3 Å². The van der Waals surface area contributed by atoms with Gasteiger partial charge < -0.3 is 0 Å². The second kappa shape index (κ2) is 5.68. The highest BCUT2D eigenvalue weighted by molar-refractivity contribution is 8.04. The summed E-state index contributed by atoms with van der Waals surface area (Å²) in [6.07, 6.45) is 1.89. The van der Waals surface area contributed by atoms with E-state index < -0.39 is 3.12 Å². The SMILES string of the molecule is CSc1nc2cc(Cl)c(Cl)cc2n1SC(Cl)(Cl)Cl. The first-order chi connectivity index (χ1) is 8.31. The molecule has 0 fully saturated rings. The first-order valence-electron chi connectivity index (χ1n) is 4.49. The van der Waals surface area contributed by atoms with Gasteiger partial charge in [-0.05, 0) is 18.4 Å². The lowest BCUT2D eigenvalue weighted by Crippen LogP contribution is -2.01. The monoisotopic (exact) mass is 380 g/mol. The van der Waals surface area contributed by atoms with Gasteiger partial charge in [0.15, 0.2) is 5.16 Å². The molecular weight excluding hydrogens is 378 g/mol. The summed E-state index contributed by atoms with van der Waals surface area (Å²) < 4.78 is 0.249. The smallest absolute Gasteiger partial charge is 0.256 e. The van der Waals surface area contributed by atoms with Crippen LogP contribution in [0, 0.1) is 0 Å². The van der Waals surface area contributed by atoms with Crippen LogP contribution < -0.4 is 0 Å². The summed E-state index contributed by atoms with van der Waals surface area (Å²) in [5, 5.41) is 1.59. The molecule has 0 bridgehead atoms. The molecule has 0 aliphatic heterocycles. The van der Waals surface area contributed by atoms with Crippen LogP contribution in [-0.2, 0) is 0 Å². The number of benzene rings is 1. The normalized spacial score (nSPS) is 12.3. The minimum atomic E-state index is -1.48. The molecular formula is C9H5Cl5N2S2. The molecule has 1 heterocycles. The van der Waals surface area contributed by atoms with E-state index in [0.717, 1.165) is 17.5 Å². The quantitative estimate of drug-likeness (QED) is 0.476. The zero-order valence-corrected chi connectivity index (χ0v) is 14.2. The number of rotatable bonds is 2. The molecule has 1 aromatic carbocycles. The third kappa shape index (κ3) is 3.29. The number of halogens is 5. The molecule has 0 spiro atoms. The Kier molecular flexibility index (Phi) is 4.81. The Morgan fingerprint density at radius 3 is 2.33 bits per heavy atom. The van der Waals surface area contributed by atoms with Crippen molar-refractivity contribution in [3.8, 4) is 0 Å². The molecule has 1 aromatic heterocycles. The molecule has 0 N–H and O–H groups in total. The van der Waals surface area contributed by atoms with E-state index in [2.05, 4.69) is 4.98 Å². The molecule has 98 valence electrons. The summed E-state index contributed by atoms with van der Waals surface area (Å²) in [5.41, 5.74) is 1.46. The largest absolute Gasteiger partial charge is 0.257 e. The standard InChI is InChI=1S/C9H5Cl5N2S2/c1-17-8-15-6-2-4(10)5(11)3-7(6)16(8)18-9(12,13)14/h2-3H,1H3. The maximum Gasteiger partial charge on any atom is 0.256 e. The van der Waals surface area contributed by atoms with Crippen LogP contribution >= 0.6 is 81.7 Å². The molecule has 0 aliphatic carbocycles. The van der Waals surface area contributed by atoms with Crippen molar-refractivity contribution in [2.45, 2.75) is 8.28 Å². The molecule has 0 saturated heterocycles. The molecule has 0 unspecified atom stereocenters. The van der Waals surface area contributed by atoms with E-state index in [1.165, 1.54) is 11.8 Å². The molecule has 2 rings (SSSR count). The van der Waals surface area contributed by atoms with Crippen molar-refractivity contribution >= 4 is 92.7 Å². The summed E-state index contributed by atoms with van der Waals surface area (Å²) in [5.74, 6) is 0. The number of fused-ring (bicyclic) bond motifs is 1. The fourth-order valence-electron chi connectivity index (χ4n) is 1.35. The second-order valence-electron chi connectivity index (χ2n) is 3.18. The van der Waals surface area contributed by atoms with Crippen molar-refractivity contribution in [3.63, 3.8) is 0 Å². The maximum atomic E-state index is 6.00. The van der Waals surface area contributed by atoms with Crippen LogP contribution in [0.25, 0.3) is 11.0 Å². The van der Waals surface area contributed by atoms with Gasteiger partial charge in [-0.2, -0.15) is 0 Å². The van der Waals surface area contributed by atoms with Crippen LogP contribution in [0.3, 0.4) is 0 Å². The lowest BCUT2D eigenvalue weighted by Gasteiger charge is -2.12. The van der Waals surface area contributed by atoms with Crippen molar-refractivity contribution in [3.05, 3.63) is 22.2 Å². The molecule has 18 heavy (non-hydrogen) atoms. The van der Waals surface area contributed by atoms with Crippen LogP contribution in [0.1, 0.15) is 0 Å². The zero-order chi connectivity index (χ0) is 13.5. The highest BCUT2D eigenvalue weighted by Gasteiger charge is 2.25. The van der Waals surface area contributed by atoms with Crippen molar-refractivity contribution < 1.29 is 0 Å². The van der Waals surface area contributed by atoms with Gasteiger partial charge in [0.05, 0.1) is 21.1 Å². The Labute approximate surface area is 137 Å². The summed E-state index contributed by atoms with van der Waals surface area (Å²) in [7, 11) is 0. The summed E-state index contributed by atoms with van der Waals surface area (Å²) in [6, 6.07) is 3.39. The fourth-order valence-corrected chi connectivity index (χ4v) is 3.65. The highest BCUT2D eigenvalue weighted by atomic mass is 35.6.